The highest BCUT2D eigenvalue weighted by Crippen LogP contribution is 2.23. The van der Waals surface area contributed by atoms with Crippen molar-refractivity contribution in [1.82, 2.24) is 0 Å². The third-order valence-corrected chi connectivity index (χ3v) is 3.96. The van der Waals surface area contributed by atoms with Gasteiger partial charge < -0.3 is 19.2 Å². The molecule has 1 atom stereocenters. The third-order valence-electron chi connectivity index (χ3n) is 3.96. The molecule has 1 unspecified atom stereocenters. The minimum absolute atomic E-state index is 0.291. The van der Waals surface area contributed by atoms with Crippen LogP contribution in [-0.4, -0.2) is 19.1 Å². The molecule has 0 aliphatic carbocycles. The monoisotopic (exact) mass is 353 g/mol. The van der Waals surface area contributed by atoms with E-state index in [1.54, 1.807) is 56.5 Å². The molecule has 3 rings (SSSR count). The number of amides is 1. The number of ether oxygens (including phenoxy) is 2. The van der Waals surface area contributed by atoms with Gasteiger partial charge in [0.2, 0.25) is 0 Å². The zero-order chi connectivity index (χ0) is 18.7. The van der Waals surface area contributed by atoms with E-state index in [4.69, 9.17) is 13.9 Å². The third kappa shape index (κ3) is 3.85. The smallest absolute Gasteiger partial charge is 0.336 e. The zero-order valence-electron chi connectivity index (χ0n) is 14.7. The van der Waals surface area contributed by atoms with E-state index in [-0.39, 0.29) is 5.91 Å². The summed E-state index contributed by atoms with van der Waals surface area (Å²) in [6.45, 7) is 3.49. The Hall–Kier alpha value is -3.28. The molecule has 26 heavy (non-hydrogen) atoms. The summed E-state index contributed by atoms with van der Waals surface area (Å²) in [5.74, 6) is 0.866. The number of anilines is 1. The number of fused-ring (bicyclic) bond motifs is 1. The zero-order valence-corrected chi connectivity index (χ0v) is 14.7. The van der Waals surface area contributed by atoms with Crippen LogP contribution >= 0.6 is 0 Å². The molecule has 0 saturated heterocycles. The highest BCUT2D eigenvalue weighted by molar-refractivity contribution is 5.94. The highest BCUT2D eigenvalue weighted by Gasteiger charge is 2.15. The lowest BCUT2D eigenvalue weighted by Gasteiger charge is -2.15. The number of nitrogens with one attached hydrogen (secondary N) is 1. The van der Waals surface area contributed by atoms with Gasteiger partial charge in [-0.05, 0) is 55.8 Å². The Kier molecular flexibility index (Phi) is 4.93. The summed E-state index contributed by atoms with van der Waals surface area (Å²) in [7, 11) is 1.58. The van der Waals surface area contributed by atoms with Crippen LogP contribution in [0.3, 0.4) is 0 Å². The van der Waals surface area contributed by atoms with Crippen LogP contribution < -0.4 is 20.4 Å². The van der Waals surface area contributed by atoms with Crippen molar-refractivity contribution in [3.05, 3.63) is 64.5 Å². The highest BCUT2D eigenvalue weighted by atomic mass is 16.5. The summed E-state index contributed by atoms with van der Waals surface area (Å²) in [6, 6.07) is 13.6. The van der Waals surface area contributed by atoms with Crippen LogP contribution in [0.2, 0.25) is 0 Å². The van der Waals surface area contributed by atoms with Gasteiger partial charge in [-0.3, -0.25) is 4.79 Å². The lowest BCUT2D eigenvalue weighted by molar-refractivity contribution is -0.122. The van der Waals surface area contributed by atoms with Gasteiger partial charge in [0.05, 0.1) is 7.11 Å². The van der Waals surface area contributed by atoms with Crippen molar-refractivity contribution in [3.63, 3.8) is 0 Å². The fraction of sp³-hybridized carbons (Fsp3) is 0.200. The van der Waals surface area contributed by atoms with Gasteiger partial charge >= 0.3 is 5.63 Å². The molecule has 0 bridgehead atoms. The quantitative estimate of drug-likeness (QED) is 0.710. The number of aryl methyl sites for hydroxylation is 1. The van der Waals surface area contributed by atoms with Gasteiger partial charge in [-0.25, -0.2) is 4.79 Å². The topological polar surface area (TPSA) is 77.8 Å². The molecule has 0 radical (unpaired) electrons. The first-order valence-corrected chi connectivity index (χ1v) is 8.12. The summed E-state index contributed by atoms with van der Waals surface area (Å²) < 4.78 is 16.0. The number of carbonyl (C=O) groups excluding carboxylic acids is 1. The predicted octanol–water partition coefficient (Wildman–Crippen LogP) is 3.52. The summed E-state index contributed by atoms with van der Waals surface area (Å²) in [5, 5.41) is 3.60. The molecule has 0 saturated carbocycles. The second-order valence-electron chi connectivity index (χ2n) is 5.88. The molecular formula is C20H19NO5. The summed E-state index contributed by atoms with van der Waals surface area (Å²) >= 11 is 0. The molecule has 1 amide bonds. The van der Waals surface area contributed by atoms with Gasteiger partial charge in [0.15, 0.2) is 6.10 Å². The molecule has 0 fully saturated rings. The van der Waals surface area contributed by atoms with E-state index in [0.717, 1.165) is 10.9 Å². The molecular weight excluding hydrogens is 334 g/mol. The molecule has 134 valence electrons. The Morgan fingerprint density at radius 2 is 1.77 bits per heavy atom. The van der Waals surface area contributed by atoms with E-state index in [9.17, 15) is 9.59 Å². The molecule has 0 aliphatic rings. The standard InChI is InChI=1S/C20H19NO5/c1-12-10-19(22)26-18-11-16(8-9-17(12)18)25-13(2)20(23)21-14-4-6-15(24-3)7-5-14/h4-11,13H,1-3H3,(H,21,23). The second kappa shape index (κ2) is 7.31. The van der Waals surface area contributed by atoms with E-state index in [1.165, 1.54) is 6.07 Å². The molecule has 3 aromatic rings. The number of rotatable bonds is 5. The maximum absolute atomic E-state index is 12.3. The fourth-order valence-electron chi connectivity index (χ4n) is 2.55. The van der Waals surface area contributed by atoms with Gasteiger partial charge in [-0.1, -0.05) is 0 Å². The largest absolute Gasteiger partial charge is 0.497 e. The summed E-state index contributed by atoms with van der Waals surface area (Å²) in [6.07, 6.45) is -0.730. The average molecular weight is 353 g/mol. The van der Waals surface area contributed by atoms with Crippen LogP contribution in [0.4, 0.5) is 5.69 Å². The Morgan fingerprint density at radius 3 is 2.46 bits per heavy atom. The average Bonchev–Trinajstić information content (AvgIpc) is 2.61. The molecule has 0 aliphatic heterocycles. The minimum atomic E-state index is -0.730. The number of methoxy groups -OCH3 is 1. The molecule has 0 spiro atoms. The first-order chi connectivity index (χ1) is 12.5. The maximum atomic E-state index is 12.3. The Balaban J connectivity index is 1.72. The number of hydrogen-bond donors (Lipinski definition) is 1. The van der Waals surface area contributed by atoms with E-state index in [2.05, 4.69) is 5.32 Å². The minimum Gasteiger partial charge on any atom is -0.497 e. The first-order valence-electron chi connectivity index (χ1n) is 8.12. The van der Waals surface area contributed by atoms with Crippen LogP contribution in [0.5, 0.6) is 11.5 Å². The van der Waals surface area contributed by atoms with Gasteiger partial charge in [-0.15, -0.1) is 0 Å². The number of hydrogen-bond acceptors (Lipinski definition) is 5. The van der Waals surface area contributed by atoms with Crippen LogP contribution in [0.1, 0.15) is 12.5 Å². The molecule has 6 nitrogen and oxygen atoms in total. The summed E-state index contributed by atoms with van der Waals surface area (Å²) in [5.41, 5.74) is 1.48. The predicted molar refractivity (Wildman–Crippen MR) is 98.9 cm³/mol. The van der Waals surface area contributed by atoms with Crippen molar-refractivity contribution >= 4 is 22.6 Å². The normalized spacial score (nSPS) is 11.8. The van der Waals surface area contributed by atoms with Crippen molar-refractivity contribution in [3.8, 4) is 11.5 Å². The van der Waals surface area contributed by atoms with Gasteiger partial charge in [-0.2, -0.15) is 0 Å². The van der Waals surface area contributed by atoms with Gasteiger partial charge in [0.25, 0.3) is 5.91 Å². The second-order valence-corrected chi connectivity index (χ2v) is 5.88. The van der Waals surface area contributed by atoms with Crippen molar-refractivity contribution < 1.29 is 18.7 Å². The lowest BCUT2D eigenvalue weighted by Crippen LogP contribution is -2.30. The van der Waals surface area contributed by atoms with E-state index in [0.29, 0.717) is 22.8 Å². The van der Waals surface area contributed by atoms with Crippen LogP contribution in [-0.2, 0) is 4.79 Å². The number of benzene rings is 2. The maximum Gasteiger partial charge on any atom is 0.336 e. The molecule has 2 aromatic carbocycles. The fourth-order valence-corrected chi connectivity index (χ4v) is 2.55. The Bertz CT molecular complexity index is 991. The van der Waals surface area contributed by atoms with Crippen LogP contribution in [0.15, 0.2) is 57.7 Å². The van der Waals surface area contributed by atoms with Crippen LogP contribution in [0.25, 0.3) is 11.0 Å². The van der Waals surface area contributed by atoms with Crippen molar-refractivity contribution in [1.29, 1.82) is 0 Å². The molecule has 1 N–H and O–H groups in total. The van der Waals surface area contributed by atoms with E-state index in [1.807, 2.05) is 6.92 Å². The van der Waals surface area contributed by atoms with Crippen LogP contribution in [0, 0.1) is 6.92 Å². The van der Waals surface area contributed by atoms with Crippen molar-refractivity contribution in [2.75, 3.05) is 12.4 Å². The van der Waals surface area contributed by atoms with E-state index >= 15 is 0 Å². The van der Waals surface area contributed by atoms with Gasteiger partial charge in [0.1, 0.15) is 17.1 Å². The number of carbonyl (C=O) groups is 1. The SMILES string of the molecule is COc1ccc(NC(=O)C(C)Oc2ccc3c(C)cc(=O)oc3c2)cc1. The van der Waals surface area contributed by atoms with Crippen molar-refractivity contribution in [2.45, 2.75) is 20.0 Å². The van der Waals surface area contributed by atoms with E-state index < -0.39 is 11.7 Å². The molecule has 1 heterocycles. The molecule has 6 heteroatoms. The Morgan fingerprint density at radius 1 is 1.08 bits per heavy atom. The first kappa shape index (κ1) is 17.5. The van der Waals surface area contributed by atoms with Gasteiger partial charge in [0, 0.05) is 23.2 Å². The lowest BCUT2D eigenvalue weighted by atomic mass is 10.1. The Labute approximate surface area is 150 Å². The van der Waals surface area contributed by atoms with Crippen molar-refractivity contribution in [2.24, 2.45) is 0 Å². The summed E-state index contributed by atoms with van der Waals surface area (Å²) in [4.78, 5) is 23.8. The molecule has 1 aromatic heterocycles.